The van der Waals surface area contributed by atoms with Crippen molar-refractivity contribution >= 4 is 21.6 Å². The Morgan fingerprint density at radius 3 is 2.95 bits per heavy atom. The highest BCUT2D eigenvalue weighted by molar-refractivity contribution is 7.17. The van der Waals surface area contributed by atoms with Crippen LogP contribution in [0.25, 0.3) is 10.2 Å². The van der Waals surface area contributed by atoms with Crippen molar-refractivity contribution in [3.63, 3.8) is 0 Å². The summed E-state index contributed by atoms with van der Waals surface area (Å²) in [6.45, 7) is 0. The highest BCUT2D eigenvalue weighted by Gasteiger charge is 2.09. The van der Waals surface area contributed by atoms with Crippen molar-refractivity contribution in [3.05, 3.63) is 41.5 Å². The van der Waals surface area contributed by atoms with E-state index in [-0.39, 0.29) is 0 Å². The first kappa shape index (κ1) is 12.4. The Bertz CT molecular complexity index is 808. The third-order valence-corrected chi connectivity index (χ3v) is 3.61. The van der Waals surface area contributed by atoms with Gasteiger partial charge in [0.2, 0.25) is 5.88 Å². The van der Waals surface area contributed by atoms with E-state index in [0.717, 1.165) is 10.2 Å². The van der Waals surface area contributed by atoms with E-state index in [1.54, 1.807) is 18.2 Å². The molecule has 0 bridgehead atoms. The molecule has 2 heterocycles. The van der Waals surface area contributed by atoms with E-state index in [1.807, 2.05) is 11.4 Å². The van der Waals surface area contributed by atoms with Crippen LogP contribution in [0.15, 0.2) is 36.0 Å². The van der Waals surface area contributed by atoms with Crippen molar-refractivity contribution in [1.82, 2.24) is 9.97 Å². The lowest BCUT2D eigenvalue weighted by molar-refractivity contribution is 0.406. The molecule has 0 atom stereocenters. The third-order valence-electron chi connectivity index (χ3n) is 2.72. The lowest BCUT2D eigenvalue weighted by Crippen LogP contribution is -1.92. The van der Waals surface area contributed by atoms with Gasteiger partial charge in [0.05, 0.1) is 18.2 Å². The normalized spacial score (nSPS) is 10.2. The number of benzene rings is 1. The Morgan fingerprint density at radius 1 is 1.25 bits per heavy atom. The van der Waals surface area contributed by atoms with Gasteiger partial charge in [-0.15, -0.1) is 11.3 Å². The van der Waals surface area contributed by atoms with Gasteiger partial charge in [-0.3, -0.25) is 0 Å². The van der Waals surface area contributed by atoms with Crippen LogP contribution in [-0.4, -0.2) is 17.1 Å². The molecule has 3 aromatic rings. The minimum atomic E-state index is 0.462. The monoisotopic (exact) mass is 283 g/mol. The second kappa shape index (κ2) is 5.15. The number of methoxy groups -OCH3 is 1. The van der Waals surface area contributed by atoms with Gasteiger partial charge in [-0.1, -0.05) is 0 Å². The minimum Gasteiger partial charge on any atom is -0.495 e. The van der Waals surface area contributed by atoms with Gasteiger partial charge in [0.25, 0.3) is 0 Å². The van der Waals surface area contributed by atoms with Crippen LogP contribution in [-0.2, 0) is 0 Å². The van der Waals surface area contributed by atoms with E-state index in [9.17, 15) is 0 Å². The lowest BCUT2D eigenvalue weighted by atomic mass is 10.2. The maximum atomic E-state index is 8.95. The fourth-order valence-electron chi connectivity index (χ4n) is 1.78. The van der Waals surface area contributed by atoms with E-state index in [4.69, 9.17) is 14.7 Å². The molecule has 2 aromatic heterocycles. The maximum Gasteiger partial charge on any atom is 0.240 e. The Balaban J connectivity index is 1.99. The van der Waals surface area contributed by atoms with E-state index < -0.39 is 0 Å². The van der Waals surface area contributed by atoms with Crippen LogP contribution < -0.4 is 9.47 Å². The molecule has 3 rings (SSSR count). The summed E-state index contributed by atoms with van der Waals surface area (Å²) in [5.74, 6) is 1.53. The van der Waals surface area contributed by atoms with Crippen LogP contribution in [0.3, 0.4) is 0 Å². The molecule has 0 N–H and O–H groups in total. The zero-order valence-electron chi connectivity index (χ0n) is 10.5. The molecule has 5 nitrogen and oxygen atoms in total. The zero-order chi connectivity index (χ0) is 13.9. The molecule has 6 heteroatoms. The predicted octanol–water partition coefficient (Wildman–Crippen LogP) is 3.36. The predicted molar refractivity (Wildman–Crippen MR) is 75.2 cm³/mol. The van der Waals surface area contributed by atoms with Crippen molar-refractivity contribution < 1.29 is 9.47 Å². The number of fused-ring (bicyclic) bond motifs is 1. The summed E-state index contributed by atoms with van der Waals surface area (Å²) in [5, 5.41) is 10.9. The molecule has 0 aliphatic rings. The fraction of sp³-hybridized carbons (Fsp3) is 0.0714. The van der Waals surface area contributed by atoms with Crippen LogP contribution in [0.5, 0.6) is 17.4 Å². The van der Waals surface area contributed by atoms with Crippen LogP contribution in [0.4, 0.5) is 0 Å². The van der Waals surface area contributed by atoms with Crippen molar-refractivity contribution in [1.29, 1.82) is 5.26 Å². The van der Waals surface area contributed by atoms with Gasteiger partial charge in [-0.25, -0.2) is 9.97 Å². The quantitative estimate of drug-likeness (QED) is 0.737. The highest BCUT2D eigenvalue weighted by Crippen LogP contribution is 2.32. The number of thiophene rings is 1. The summed E-state index contributed by atoms with van der Waals surface area (Å²) in [5.41, 5.74) is 1.31. The van der Waals surface area contributed by atoms with Gasteiger partial charge >= 0.3 is 0 Å². The van der Waals surface area contributed by atoms with Gasteiger partial charge in [-0.05, 0) is 23.6 Å². The molecule has 0 aliphatic heterocycles. The Morgan fingerprint density at radius 2 is 2.15 bits per heavy atom. The van der Waals surface area contributed by atoms with Crippen LogP contribution in [0, 0.1) is 11.3 Å². The van der Waals surface area contributed by atoms with E-state index >= 15 is 0 Å². The van der Waals surface area contributed by atoms with Crippen LogP contribution in [0.1, 0.15) is 5.56 Å². The third kappa shape index (κ3) is 2.15. The Hall–Kier alpha value is -2.65. The number of hydrogen-bond acceptors (Lipinski definition) is 6. The standard InChI is InChI=1S/C14H9N3O2S/c1-18-12-6-10(3-2-9(12)7-15)19-14-13-11(4-5-20-13)16-8-17-14/h2-6,8H,1H3. The van der Waals surface area contributed by atoms with Gasteiger partial charge in [0.1, 0.15) is 28.6 Å². The maximum absolute atomic E-state index is 8.95. The van der Waals surface area contributed by atoms with Gasteiger partial charge in [-0.2, -0.15) is 5.26 Å². The molecule has 0 spiro atoms. The number of rotatable bonds is 3. The number of aromatic nitrogens is 2. The molecule has 0 aliphatic carbocycles. The highest BCUT2D eigenvalue weighted by atomic mass is 32.1. The molecule has 0 saturated carbocycles. The first-order valence-electron chi connectivity index (χ1n) is 5.76. The first-order chi connectivity index (χ1) is 9.81. The molecule has 1 aromatic carbocycles. The second-order valence-corrected chi connectivity index (χ2v) is 4.81. The van der Waals surface area contributed by atoms with Crippen molar-refractivity contribution in [2.45, 2.75) is 0 Å². The van der Waals surface area contributed by atoms with Gasteiger partial charge in [0, 0.05) is 6.07 Å². The van der Waals surface area contributed by atoms with Crippen LogP contribution in [0.2, 0.25) is 0 Å². The second-order valence-electron chi connectivity index (χ2n) is 3.89. The first-order valence-corrected chi connectivity index (χ1v) is 6.64. The smallest absolute Gasteiger partial charge is 0.240 e. The fourth-order valence-corrected chi connectivity index (χ4v) is 2.55. The zero-order valence-corrected chi connectivity index (χ0v) is 11.3. The number of nitrogens with zero attached hydrogens (tertiary/aromatic N) is 3. The summed E-state index contributed by atoms with van der Waals surface area (Å²) in [6.07, 6.45) is 1.46. The molecular formula is C14H9N3O2S. The topological polar surface area (TPSA) is 68.0 Å². The lowest BCUT2D eigenvalue weighted by Gasteiger charge is -2.08. The van der Waals surface area contributed by atoms with Crippen molar-refractivity contribution in [2.24, 2.45) is 0 Å². The van der Waals surface area contributed by atoms with E-state index in [1.165, 1.54) is 24.8 Å². The van der Waals surface area contributed by atoms with Crippen molar-refractivity contribution in [3.8, 4) is 23.4 Å². The van der Waals surface area contributed by atoms with E-state index in [0.29, 0.717) is 22.9 Å². The molecule has 0 amide bonds. The molecule has 98 valence electrons. The van der Waals surface area contributed by atoms with Crippen molar-refractivity contribution in [2.75, 3.05) is 7.11 Å². The Kier molecular flexibility index (Phi) is 3.19. The minimum absolute atomic E-state index is 0.462. The average molecular weight is 283 g/mol. The SMILES string of the molecule is COc1cc(Oc2ncnc3ccsc23)ccc1C#N. The summed E-state index contributed by atoms with van der Waals surface area (Å²) in [6, 6.07) is 9.00. The van der Waals surface area contributed by atoms with Gasteiger partial charge in [0.15, 0.2) is 0 Å². The number of nitriles is 1. The van der Waals surface area contributed by atoms with Crippen LogP contribution >= 0.6 is 11.3 Å². The molecule has 0 radical (unpaired) electrons. The van der Waals surface area contributed by atoms with Gasteiger partial charge < -0.3 is 9.47 Å². The summed E-state index contributed by atoms with van der Waals surface area (Å²) in [4.78, 5) is 8.30. The molecule has 0 unspecified atom stereocenters. The summed E-state index contributed by atoms with van der Waals surface area (Å²) in [7, 11) is 1.52. The molecule has 0 fully saturated rings. The number of ether oxygens (including phenoxy) is 2. The summed E-state index contributed by atoms with van der Waals surface area (Å²) < 4.78 is 11.8. The number of hydrogen-bond donors (Lipinski definition) is 0. The molecular weight excluding hydrogens is 274 g/mol. The average Bonchev–Trinajstić information content (AvgIpc) is 2.96. The summed E-state index contributed by atoms with van der Waals surface area (Å²) >= 11 is 1.52. The van der Waals surface area contributed by atoms with E-state index in [2.05, 4.69) is 16.0 Å². The molecule has 20 heavy (non-hydrogen) atoms. The molecule has 0 saturated heterocycles. The Labute approximate surface area is 119 Å². The largest absolute Gasteiger partial charge is 0.495 e.